The zero-order chi connectivity index (χ0) is 13.9. The fraction of sp³-hybridized carbons (Fsp3) is 0.0667. The number of H-pyrrole nitrogens is 1. The molecule has 1 aromatic heterocycles. The number of rotatable bonds is 3. The SMILES string of the molecule is NCc1ccc(-c2nc(-c3ccc(Cl)cc3)n[nH]2)cc1. The fourth-order valence-electron chi connectivity index (χ4n) is 1.92. The third-order valence-corrected chi connectivity index (χ3v) is 3.30. The van der Waals surface area contributed by atoms with Gasteiger partial charge in [0.2, 0.25) is 0 Å². The van der Waals surface area contributed by atoms with Crippen molar-refractivity contribution in [3.05, 3.63) is 59.1 Å². The van der Waals surface area contributed by atoms with Gasteiger partial charge in [-0.1, -0.05) is 35.9 Å². The van der Waals surface area contributed by atoms with Gasteiger partial charge in [-0.05, 0) is 29.8 Å². The Morgan fingerprint density at radius 1 is 0.950 bits per heavy atom. The molecule has 0 radical (unpaired) electrons. The van der Waals surface area contributed by atoms with Crippen molar-refractivity contribution in [3.63, 3.8) is 0 Å². The normalized spacial score (nSPS) is 10.7. The van der Waals surface area contributed by atoms with Gasteiger partial charge in [0.1, 0.15) is 0 Å². The minimum Gasteiger partial charge on any atom is -0.326 e. The molecule has 0 aliphatic carbocycles. The molecule has 20 heavy (non-hydrogen) atoms. The van der Waals surface area contributed by atoms with Crippen LogP contribution in [0.4, 0.5) is 0 Å². The second kappa shape index (κ2) is 5.45. The lowest BCUT2D eigenvalue weighted by Gasteiger charge is -1.98. The van der Waals surface area contributed by atoms with Gasteiger partial charge in [-0.15, -0.1) is 0 Å². The third-order valence-electron chi connectivity index (χ3n) is 3.05. The number of aromatic nitrogens is 3. The van der Waals surface area contributed by atoms with E-state index in [1.54, 1.807) is 0 Å². The molecule has 2 aromatic carbocycles. The van der Waals surface area contributed by atoms with E-state index in [4.69, 9.17) is 17.3 Å². The molecule has 5 heteroatoms. The summed E-state index contributed by atoms with van der Waals surface area (Å²) < 4.78 is 0. The number of nitrogens with two attached hydrogens (primary N) is 1. The van der Waals surface area contributed by atoms with Crippen LogP contribution in [-0.2, 0) is 6.54 Å². The van der Waals surface area contributed by atoms with Crippen molar-refractivity contribution < 1.29 is 0 Å². The Labute approximate surface area is 121 Å². The molecule has 0 amide bonds. The Morgan fingerprint density at radius 2 is 1.60 bits per heavy atom. The lowest BCUT2D eigenvalue weighted by Crippen LogP contribution is -1.95. The first kappa shape index (κ1) is 12.8. The topological polar surface area (TPSA) is 67.6 Å². The van der Waals surface area contributed by atoms with E-state index >= 15 is 0 Å². The lowest BCUT2D eigenvalue weighted by atomic mass is 10.1. The summed E-state index contributed by atoms with van der Waals surface area (Å²) in [5, 5.41) is 7.87. The smallest absolute Gasteiger partial charge is 0.181 e. The summed E-state index contributed by atoms with van der Waals surface area (Å²) in [7, 11) is 0. The Balaban J connectivity index is 1.91. The molecule has 0 aliphatic heterocycles. The van der Waals surface area contributed by atoms with Gasteiger partial charge in [0.15, 0.2) is 11.6 Å². The van der Waals surface area contributed by atoms with Crippen LogP contribution in [0.2, 0.25) is 5.02 Å². The predicted octanol–water partition coefficient (Wildman–Crippen LogP) is 3.25. The first-order valence-electron chi connectivity index (χ1n) is 6.24. The van der Waals surface area contributed by atoms with Gasteiger partial charge in [-0.3, -0.25) is 5.10 Å². The number of aromatic amines is 1. The summed E-state index contributed by atoms with van der Waals surface area (Å²) in [6.07, 6.45) is 0. The molecule has 0 saturated carbocycles. The molecule has 0 bridgehead atoms. The fourth-order valence-corrected chi connectivity index (χ4v) is 2.04. The number of benzene rings is 2. The van der Waals surface area contributed by atoms with Crippen molar-refractivity contribution in [1.82, 2.24) is 15.2 Å². The molecular weight excluding hydrogens is 272 g/mol. The van der Waals surface area contributed by atoms with Crippen molar-refractivity contribution in [2.24, 2.45) is 5.73 Å². The van der Waals surface area contributed by atoms with E-state index in [2.05, 4.69) is 15.2 Å². The lowest BCUT2D eigenvalue weighted by molar-refractivity contribution is 1.07. The molecule has 0 aliphatic rings. The largest absolute Gasteiger partial charge is 0.326 e. The minimum absolute atomic E-state index is 0.534. The van der Waals surface area contributed by atoms with Crippen LogP contribution in [-0.4, -0.2) is 15.2 Å². The van der Waals surface area contributed by atoms with Gasteiger partial charge in [0, 0.05) is 22.7 Å². The Bertz CT molecular complexity index is 701. The van der Waals surface area contributed by atoms with Gasteiger partial charge in [0.25, 0.3) is 0 Å². The van der Waals surface area contributed by atoms with E-state index in [1.807, 2.05) is 48.5 Å². The summed E-state index contributed by atoms with van der Waals surface area (Å²) in [5.74, 6) is 1.39. The number of nitrogens with zero attached hydrogens (tertiary/aromatic N) is 2. The van der Waals surface area contributed by atoms with Crippen LogP contribution in [0.1, 0.15) is 5.56 Å². The molecule has 0 fully saturated rings. The van der Waals surface area contributed by atoms with Crippen molar-refractivity contribution in [3.8, 4) is 22.8 Å². The Morgan fingerprint density at radius 3 is 2.25 bits per heavy atom. The molecule has 1 heterocycles. The zero-order valence-electron chi connectivity index (χ0n) is 10.7. The van der Waals surface area contributed by atoms with Crippen LogP contribution >= 0.6 is 11.6 Å². The van der Waals surface area contributed by atoms with Gasteiger partial charge < -0.3 is 5.73 Å². The van der Waals surface area contributed by atoms with Gasteiger partial charge in [0.05, 0.1) is 0 Å². The molecule has 0 unspecified atom stereocenters. The van der Waals surface area contributed by atoms with Crippen molar-refractivity contribution >= 4 is 11.6 Å². The molecule has 3 N–H and O–H groups in total. The average molecular weight is 285 g/mol. The maximum Gasteiger partial charge on any atom is 0.181 e. The summed E-state index contributed by atoms with van der Waals surface area (Å²) in [6.45, 7) is 0.534. The highest BCUT2D eigenvalue weighted by molar-refractivity contribution is 6.30. The number of nitrogens with one attached hydrogen (secondary N) is 1. The second-order valence-corrected chi connectivity index (χ2v) is 4.85. The monoisotopic (exact) mass is 284 g/mol. The highest BCUT2D eigenvalue weighted by atomic mass is 35.5. The average Bonchev–Trinajstić information content (AvgIpc) is 2.98. The quantitative estimate of drug-likeness (QED) is 0.776. The number of hydrogen-bond donors (Lipinski definition) is 2. The maximum atomic E-state index is 5.87. The third kappa shape index (κ3) is 2.57. The van der Waals surface area contributed by atoms with Crippen LogP contribution in [0.5, 0.6) is 0 Å². The molecule has 3 rings (SSSR count). The highest BCUT2D eigenvalue weighted by Crippen LogP contribution is 2.21. The summed E-state index contributed by atoms with van der Waals surface area (Å²) >= 11 is 5.87. The van der Waals surface area contributed by atoms with Gasteiger partial charge in [-0.2, -0.15) is 5.10 Å². The number of halogens is 1. The minimum atomic E-state index is 0.534. The van der Waals surface area contributed by atoms with E-state index < -0.39 is 0 Å². The summed E-state index contributed by atoms with van der Waals surface area (Å²) in [5.41, 5.74) is 8.58. The van der Waals surface area contributed by atoms with Gasteiger partial charge in [-0.25, -0.2) is 4.98 Å². The highest BCUT2D eigenvalue weighted by Gasteiger charge is 2.07. The first-order chi connectivity index (χ1) is 9.76. The molecule has 100 valence electrons. The van der Waals surface area contributed by atoms with Crippen molar-refractivity contribution in [1.29, 1.82) is 0 Å². The predicted molar refractivity (Wildman–Crippen MR) is 80.2 cm³/mol. The van der Waals surface area contributed by atoms with E-state index in [1.165, 1.54) is 0 Å². The maximum absolute atomic E-state index is 5.87. The van der Waals surface area contributed by atoms with Crippen LogP contribution in [0.25, 0.3) is 22.8 Å². The molecule has 0 atom stereocenters. The second-order valence-electron chi connectivity index (χ2n) is 4.42. The molecular formula is C15H13ClN4. The van der Waals surface area contributed by atoms with E-state index in [0.29, 0.717) is 17.4 Å². The zero-order valence-corrected chi connectivity index (χ0v) is 11.4. The number of hydrogen-bond acceptors (Lipinski definition) is 3. The van der Waals surface area contributed by atoms with E-state index in [-0.39, 0.29) is 0 Å². The van der Waals surface area contributed by atoms with Crippen LogP contribution in [0, 0.1) is 0 Å². The van der Waals surface area contributed by atoms with Crippen molar-refractivity contribution in [2.75, 3.05) is 0 Å². The summed E-state index contributed by atoms with van der Waals surface area (Å²) in [6, 6.07) is 15.4. The van der Waals surface area contributed by atoms with Gasteiger partial charge >= 0.3 is 0 Å². The Kier molecular flexibility index (Phi) is 3.50. The molecule has 0 saturated heterocycles. The molecule has 3 aromatic rings. The first-order valence-corrected chi connectivity index (χ1v) is 6.62. The van der Waals surface area contributed by atoms with Crippen LogP contribution in [0.3, 0.4) is 0 Å². The Hall–Kier alpha value is -2.17. The van der Waals surface area contributed by atoms with Crippen LogP contribution in [0.15, 0.2) is 48.5 Å². The van der Waals surface area contributed by atoms with Crippen LogP contribution < -0.4 is 5.73 Å². The summed E-state index contributed by atoms with van der Waals surface area (Å²) in [4.78, 5) is 4.49. The van der Waals surface area contributed by atoms with Crippen molar-refractivity contribution in [2.45, 2.75) is 6.54 Å². The molecule has 0 spiro atoms. The van der Waals surface area contributed by atoms with E-state index in [9.17, 15) is 0 Å². The standard InChI is InChI=1S/C15H13ClN4/c16-13-7-5-12(6-8-13)15-18-14(19-20-15)11-3-1-10(9-17)2-4-11/h1-8H,9,17H2,(H,18,19,20). The van der Waals surface area contributed by atoms with E-state index in [0.717, 1.165) is 22.5 Å². The molecule has 4 nitrogen and oxygen atoms in total.